The van der Waals surface area contributed by atoms with Crippen LogP contribution >= 0.6 is 0 Å². The van der Waals surface area contributed by atoms with Gasteiger partial charge in [0.15, 0.2) is 12.2 Å². The zero-order valence-electron chi connectivity index (χ0n) is 39.8. The minimum absolute atomic E-state index is 0. The van der Waals surface area contributed by atoms with Crippen molar-refractivity contribution in [1.29, 1.82) is 0 Å². The molecule has 5 fully saturated rings. The maximum atomic E-state index is 11.8. The maximum absolute atomic E-state index is 11.8. The Morgan fingerprint density at radius 1 is 0.582 bits per heavy atom. The molecule has 5 rings (SSSR count). The summed E-state index contributed by atoms with van der Waals surface area (Å²) in [7, 11) is 6.01. The molecule has 0 aromatic carbocycles. The molecule has 5 aliphatic rings. The van der Waals surface area contributed by atoms with Crippen molar-refractivity contribution in [1.82, 2.24) is 20.4 Å². The average Bonchev–Trinajstić information content (AvgIpc) is 4.08. The van der Waals surface area contributed by atoms with Crippen molar-refractivity contribution in [3.05, 3.63) is 0 Å². The number of amides is 2. The monoisotopic (exact) mass is 969 g/mol. The van der Waals surface area contributed by atoms with Gasteiger partial charge in [-0.15, -0.1) is 0 Å². The Morgan fingerprint density at radius 3 is 1.24 bits per heavy atom. The summed E-state index contributed by atoms with van der Waals surface area (Å²) in [6, 6.07) is 0. The number of nitrogens with one attached hydrogen (secondary N) is 2. The molecule has 2 amide bonds. The molecule has 24 heteroatoms. The van der Waals surface area contributed by atoms with Crippen LogP contribution in [0.5, 0.6) is 0 Å². The second-order valence-electron chi connectivity index (χ2n) is 14.9. The third-order valence-electron chi connectivity index (χ3n) is 10.9. The highest BCUT2D eigenvalue weighted by atomic mass is 16.7. The van der Waals surface area contributed by atoms with Gasteiger partial charge in [0.05, 0.1) is 30.1 Å². The zero-order chi connectivity index (χ0) is 49.9. The SMILES string of the molecule is C.CCN(CC)CC.CCN(CC)CC.CNC(=O)C1CC2O[C@@H]1[C@@H](OC(=O)COCC(=O)O)C2OC.CNC(=O)C1CC2O[C@@H]1[C@@H](OC)C2OC(=O)COCC(=O)O.O=C1COCC(=O)O1. The van der Waals surface area contributed by atoms with Crippen molar-refractivity contribution in [2.45, 2.75) is 111 Å². The lowest BCUT2D eigenvalue weighted by atomic mass is 9.84. The molecule has 5 aliphatic heterocycles. The highest BCUT2D eigenvalue weighted by Gasteiger charge is 2.59. The van der Waals surface area contributed by atoms with E-state index < -0.39 is 111 Å². The van der Waals surface area contributed by atoms with Crippen LogP contribution in [-0.4, -0.2) is 224 Å². The first-order chi connectivity index (χ1) is 31.4. The van der Waals surface area contributed by atoms with E-state index in [0.29, 0.717) is 12.8 Å². The summed E-state index contributed by atoms with van der Waals surface area (Å²) in [6.45, 7) is 17.9. The van der Waals surface area contributed by atoms with Crippen molar-refractivity contribution in [2.24, 2.45) is 11.8 Å². The van der Waals surface area contributed by atoms with E-state index in [9.17, 15) is 38.4 Å². The fourth-order valence-corrected chi connectivity index (χ4v) is 7.58. The summed E-state index contributed by atoms with van der Waals surface area (Å²) in [5, 5.41) is 22.0. The lowest BCUT2D eigenvalue weighted by molar-refractivity contribution is -0.175. The average molecular weight is 969 g/mol. The smallest absolute Gasteiger partial charge is 0.339 e. The van der Waals surface area contributed by atoms with E-state index in [1.165, 1.54) is 60.5 Å². The van der Waals surface area contributed by atoms with Crippen LogP contribution in [0.2, 0.25) is 0 Å². The minimum atomic E-state index is -1.18. The standard InChI is InChI=1S/2C13H19NO8.2C6H15N.C4H4O4.CH4/c1-14-13(18)6-3-7-11(12(19-2)10(6)21-7)22-9(17)5-20-4-8(15)16;1-14-13(18)6-3-7-11(19-2)12(10(6)21-7)22-9(17)5-20-4-8(15)16;2*1-4-7(5-2)6-3;5-3-1-7-2-4(6)8-3;/h2*6-7,10-12H,3-5H2,1-2H3,(H,14,18)(H,15,16);2*4-6H2,1-3H3;1-2H2;1H4/t2*6?,7?,10-,11?,12+;;;;/m00..../s1. The van der Waals surface area contributed by atoms with Gasteiger partial charge in [-0.2, -0.15) is 0 Å². The van der Waals surface area contributed by atoms with Gasteiger partial charge >= 0.3 is 35.8 Å². The van der Waals surface area contributed by atoms with Gasteiger partial charge in [-0.1, -0.05) is 49.0 Å². The van der Waals surface area contributed by atoms with Gasteiger partial charge in [-0.3, -0.25) is 9.59 Å². The van der Waals surface area contributed by atoms with Crippen LogP contribution in [-0.2, 0) is 85.7 Å². The predicted molar refractivity (Wildman–Crippen MR) is 236 cm³/mol. The van der Waals surface area contributed by atoms with Gasteiger partial charge in [0.1, 0.15) is 58.0 Å². The number of rotatable bonds is 20. The van der Waals surface area contributed by atoms with Crippen molar-refractivity contribution in [3.8, 4) is 0 Å². The van der Waals surface area contributed by atoms with Gasteiger partial charge in [-0.05, 0) is 52.1 Å². The van der Waals surface area contributed by atoms with E-state index in [-0.39, 0.29) is 44.5 Å². The van der Waals surface area contributed by atoms with E-state index in [1.807, 2.05) is 0 Å². The van der Waals surface area contributed by atoms with Gasteiger partial charge in [-0.25, -0.2) is 28.8 Å². The van der Waals surface area contributed by atoms with Crippen LogP contribution in [0.1, 0.15) is 61.8 Å². The number of nitrogens with zero attached hydrogens (tertiary/aromatic N) is 2. The van der Waals surface area contributed by atoms with E-state index in [1.54, 1.807) is 7.05 Å². The molecule has 5 saturated heterocycles. The molecule has 5 heterocycles. The lowest BCUT2D eigenvalue weighted by Crippen LogP contribution is -2.49. The summed E-state index contributed by atoms with van der Waals surface area (Å²) in [4.78, 5) is 92.5. The molecule has 4 bridgehead atoms. The van der Waals surface area contributed by atoms with E-state index in [0.717, 1.165) is 0 Å². The number of cyclic esters (lactones) is 2. The number of esters is 4. The number of methoxy groups -OCH3 is 2. The Labute approximate surface area is 393 Å². The zero-order valence-corrected chi connectivity index (χ0v) is 39.8. The number of hydrogen-bond acceptors (Lipinski definition) is 20. The number of aliphatic carboxylic acids is 2. The molecule has 67 heavy (non-hydrogen) atoms. The molecule has 24 nitrogen and oxygen atoms in total. The third kappa shape index (κ3) is 21.2. The third-order valence-corrected chi connectivity index (χ3v) is 10.9. The first-order valence-corrected chi connectivity index (χ1v) is 22.0. The Bertz CT molecular complexity index is 1490. The Morgan fingerprint density at radius 2 is 0.940 bits per heavy atom. The quantitative estimate of drug-likeness (QED) is 0.0680. The topological polar surface area (TPSA) is 300 Å². The van der Waals surface area contributed by atoms with Crippen LogP contribution in [0.3, 0.4) is 0 Å². The molecule has 0 spiro atoms. The maximum Gasteiger partial charge on any atom is 0.339 e. The van der Waals surface area contributed by atoms with Crippen molar-refractivity contribution < 1.29 is 95.9 Å². The van der Waals surface area contributed by atoms with Crippen LogP contribution in [0.4, 0.5) is 0 Å². The number of carbonyl (C=O) groups is 8. The molecule has 0 aliphatic carbocycles. The van der Waals surface area contributed by atoms with Crippen LogP contribution in [0, 0.1) is 11.8 Å². The largest absolute Gasteiger partial charge is 0.480 e. The molecule has 388 valence electrons. The van der Waals surface area contributed by atoms with Gasteiger partial charge in [0, 0.05) is 28.3 Å². The molecular weight excluding hydrogens is 892 g/mol. The first-order valence-electron chi connectivity index (χ1n) is 22.0. The second-order valence-corrected chi connectivity index (χ2v) is 14.9. The van der Waals surface area contributed by atoms with E-state index in [2.05, 4.69) is 80.9 Å². The molecule has 10 atom stereocenters. The predicted octanol–water partition coefficient (Wildman–Crippen LogP) is -0.486. The van der Waals surface area contributed by atoms with Gasteiger partial charge in [0.25, 0.3) is 0 Å². The highest BCUT2D eigenvalue weighted by molar-refractivity contribution is 5.88. The number of carbonyl (C=O) groups excluding carboxylic acids is 6. The molecular formula is C43H76N4O20. The molecule has 0 aromatic heterocycles. The molecule has 0 saturated carbocycles. The van der Waals surface area contributed by atoms with Gasteiger partial charge in [0.2, 0.25) is 11.8 Å². The fourth-order valence-electron chi connectivity index (χ4n) is 7.58. The van der Waals surface area contributed by atoms with Crippen molar-refractivity contribution in [3.63, 3.8) is 0 Å². The van der Waals surface area contributed by atoms with Crippen LogP contribution < -0.4 is 10.6 Å². The Kier molecular flexibility index (Phi) is 31.7. The fraction of sp³-hybridized carbons (Fsp3) is 0.814. The minimum Gasteiger partial charge on any atom is -0.480 e. The van der Waals surface area contributed by atoms with Crippen LogP contribution in [0.15, 0.2) is 0 Å². The highest BCUT2D eigenvalue weighted by Crippen LogP contribution is 2.43. The van der Waals surface area contributed by atoms with E-state index in [4.69, 9.17) is 38.6 Å². The van der Waals surface area contributed by atoms with E-state index >= 15 is 0 Å². The number of carboxylic acid groups (broad SMARTS) is 2. The molecule has 6 unspecified atom stereocenters. The molecule has 0 aromatic rings. The van der Waals surface area contributed by atoms with Crippen LogP contribution in [0.25, 0.3) is 0 Å². The number of ether oxygens (including phenoxy) is 10. The van der Waals surface area contributed by atoms with Crippen molar-refractivity contribution >= 4 is 47.6 Å². The Hall–Kier alpha value is -4.40. The summed E-state index contributed by atoms with van der Waals surface area (Å²) in [5.41, 5.74) is 0. The normalized spacial score (nSPS) is 26.1. The number of carboxylic acids is 2. The Balaban J connectivity index is 0.000000896. The second kappa shape index (κ2) is 34.0. The summed E-state index contributed by atoms with van der Waals surface area (Å²) in [5.74, 6) is -6.03. The summed E-state index contributed by atoms with van der Waals surface area (Å²) < 4.78 is 50.4. The number of fused-ring (bicyclic) bond motifs is 4. The lowest BCUT2D eigenvalue weighted by Gasteiger charge is -2.30. The number of hydrogen-bond donors (Lipinski definition) is 4. The molecule has 0 radical (unpaired) electrons. The summed E-state index contributed by atoms with van der Waals surface area (Å²) in [6.07, 6.45) is -3.14. The first kappa shape index (κ1) is 62.6. The molecule has 4 N–H and O–H groups in total. The summed E-state index contributed by atoms with van der Waals surface area (Å²) >= 11 is 0. The van der Waals surface area contributed by atoms with Gasteiger partial charge < -0.3 is 78.0 Å². The van der Waals surface area contributed by atoms with Crippen molar-refractivity contribution in [2.75, 3.05) is 107 Å².